The second-order valence-electron chi connectivity index (χ2n) is 4.32. The van der Waals surface area contributed by atoms with E-state index in [1.54, 1.807) is 6.07 Å². The van der Waals surface area contributed by atoms with Crippen molar-refractivity contribution in [2.45, 2.75) is 37.8 Å². The molecule has 0 bridgehead atoms. The van der Waals surface area contributed by atoms with Gasteiger partial charge in [-0.2, -0.15) is 0 Å². The first-order valence-corrected chi connectivity index (χ1v) is 7.15. The van der Waals surface area contributed by atoms with Crippen LogP contribution in [0, 0.1) is 0 Å². The molecule has 1 heterocycles. The van der Waals surface area contributed by atoms with Crippen LogP contribution in [0.3, 0.4) is 0 Å². The maximum atomic E-state index is 11.9. The fourth-order valence-corrected chi connectivity index (χ4v) is 3.48. The van der Waals surface area contributed by atoms with Crippen LogP contribution in [0.5, 0.6) is 0 Å². The van der Waals surface area contributed by atoms with Crippen LogP contribution in [0.4, 0.5) is 0 Å². The molecule has 3 N–H and O–H groups in total. The lowest BCUT2D eigenvalue weighted by atomic mass is 9.92. The highest BCUT2D eigenvalue weighted by Crippen LogP contribution is 2.31. The van der Waals surface area contributed by atoms with Gasteiger partial charge in [0, 0.05) is 12.1 Å². The topological polar surface area (TPSA) is 55.1 Å². The molecule has 1 saturated carbocycles. The van der Waals surface area contributed by atoms with Crippen LogP contribution in [-0.2, 0) is 0 Å². The average Bonchev–Trinajstić information content (AvgIpc) is 2.61. The van der Waals surface area contributed by atoms with Gasteiger partial charge in [-0.1, -0.05) is 23.2 Å². The molecule has 102 valence electrons. The van der Waals surface area contributed by atoms with Crippen LogP contribution in [0.25, 0.3) is 0 Å². The molecule has 1 aliphatic carbocycles. The predicted octanol–water partition coefficient (Wildman–Crippen LogP) is 3.48. The highest BCUT2D eigenvalue weighted by atomic mass is 35.5. The van der Waals surface area contributed by atoms with Gasteiger partial charge in [0.2, 0.25) is 0 Å². The highest BCUT2D eigenvalue weighted by Gasteiger charge is 2.22. The molecule has 7 heteroatoms. The van der Waals surface area contributed by atoms with Crippen LogP contribution in [0.1, 0.15) is 36.0 Å². The number of amides is 1. The van der Waals surface area contributed by atoms with E-state index in [4.69, 9.17) is 28.9 Å². The molecule has 1 aliphatic rings. The number of hydrogen-bond donors (Lipinski definition) is 2. The molecular weight excluding hydrogens is 315 g/mol. The Labute approximate surface area is 126 Å². The quantitative estimate of drug-likeness (QED) is 0.873. The van der Waals surface area contributed by atoms with E-state index in [0.717, 1.165) is 25.7 Å². The Kier molecular flexibility index (Phi) is 6.21. The van der Waals surface area contributed by atoms with Gasteiger partial charge in [-0.25, -0.2) is 0 Å². The largest absolute Gasteiger partial charge is 0.349 e. The van der Waals surface area contributed by atoms with Crippen LogP contribution in [0.15, 0.2) is 6.07 Å². The van der Waals surface area contributed by atoms with Crippen molar-refractivity contribution in [2.24, 2.45) is 5.73 Å². The molecule has 0 aliphatic heterocycles. The van der Waals surface area contributed by atoms with E-state index in [1.165, 1.54) is 11.3 Å². The van der Waals surface area contributed by atoms with Crippen molar-refractivity contribution in [1.82, 2.24) is 5.32 Å². The Hall–Kier alpha value is -0.0000000000000000555. The highest BCUT2D eigenvalue weighted by molar-refractivity contribution is 7.20. The van der Waals surface area contributed by atoms with Crippen molar-refractivity contribution in [1.29, 1.82) is 0 Å². The third-order valence-corrected chi connectivity index (χ3v) is 4.50. The van der Waals surface area contributed by atoms with E-state index in [2.05, 4.69) is 5.32 Å². The van der Waals surface area contributed by atoms with Gasteiger partial charge >= 0.3 is 0 Å². The van der Waals surface area contributed by atoms with E-state index in [9.17, 15) is 4.79 Å². The Balaban J connectivity index is 0.00000162. The molecule has 0 unspecified atom stereocenters. The number of carbonyl (C=O) groups excluding carboxylic acids is 1. The summed E-state index contributed by atoms with van der Waals surface area (Å²) in [6.45, 7) is 0. The van der Waals surface area contributed by atoms with E-state index < -0.39 is 0 Å². The minimum Gasteiger partial charge on any atom is -0.349 e. The Bertz CT molecular complexity index is 416. The van der Waals surface area contributed by atoms with Gasteiger partial charge in [0.1, 0.15) is 4.34 Å². The zero-order chi connectivity index (χ0) is 12.4. The number of carbonyl (C=O) groups is 1. The summed E-state index contributed by atoms with van der Waals surface area (Å²) in [5.41, 5.74) is 6.29. The molecule has 3 nitrogen and oxygen atoms in total. The molecule has 2 rings (SSSR count). The van der Waals surface area contributed by atoms with Crippen molar-refractivity contribution < 1.29 is 4.79 Å². The first kappa shape index (κ1) is 16.1. The Morgan fingerprint density at radius 1 is 1.33 bits per heavy atom. The summed E-state index contributed by atoms with van der Waals surface area (Å²) in [7, 11) is 0. The van der Waals surface area contributed by atoms with E-state index in [-0.39, 0.29) is 30.4 Å². The standard InChI is InChI=1S/C11H14Cl2N2OS.ClH/c12-9-5-8(10(13)17-9)11(16)15-7-3-1-6(14)2-4-7;/h5-7H,1-4,14H2,(H,15,16);1H. The minimum atomic E-state index is -0.140. The van der Waals surface area contributed by atoms with Gasteiger partial charge in [0.25, 0.3) is 5.91 Å². The molecule has 18 heavy (non-hydrogen) atoms. The minimum absolute atomic E-state index is 0. The Morgan fingerprint density at radius 2 is 1.94 bits per heavy atom. The van der Waals surface area contributed by atoms with E-state index in [1.807, 2.05) is 0 Å². The maximum absolute atomic E-state index is 11.9. The van der Waals surface area contributed by atoms with Crippen molar-refractivity contribution in [3.63, 3.8) is 0 Å². The molecule has 1 amide bonds. The van der Waals surface area contributed by atoms with Crippen LogP contribution < -0.4 is 11.1 Å². The summed E-state index contributed by atoms with van der Waals surface area (Å²) in [5, 5.41) is 2.98. The summed E-state index contributed by atoms with van der Waals surface area (Å²) >= 11 is 13.0. The summed E-state index contributed by atoms with van der Waals surface area (Å²) in [6.07, 6.45) is 3.79. The normalized spacial score (nSPS) is 23.3. The van der Waals surface area contributed by atoms with Gasteiger partial charge in [0.05, 0.1) is 9.90 Å². The third-order valence-electron chi connectivity index (χ3n) is 3.01. The lowest BCUT2D eigenvalue weighted by molar-refractivity contribution is 0.0926. The summed E-state index contributed by atoms with van der Waals surface area (Å²) in [6, 6.07) is 2.10. The second-order valence-corrected chi connectivity index (χ2v) is 6.61. The first-order valence-electron chi connectivity index (χ1n) is 5.57. The molecule has 1 aromatic rings. The maximum Gasteiger partial charge on any atom is 0.253 e. The van der Waals surface area contributed by atoms with Crippen LogP contribution in [-0.4, -0.2) is 18.0 Å². The summed E-state index contributed by atoms with van der Waals surface area (Å²) in [5.74, 6) is -0.140. The summed E-state index contributed by atoms with van der Waals surface area (Å²) in [4.78, 5) is 11.9. The molecule has 1 aromatic heterocycles. The zero-order valence-corrected chi connectivity index (χ0v) is 12.8. The van der Waals surface area contributed by atoms with E-state index in [0.29, 0.717) is 14.2 Å². The number of halogens is 3. The van der Waals surface area contributed by atoms with Crippen molar-refractivity contribution in [3.05, 3.63) is 20.3 Å². The van der Waals surface area contributed by atoms with Gasteiger partial charge in [0.15, 0.2) is 0 Å². The fraction of sp³-hybridized carbons (Fsp3) is 0.545. The molecule has 0 spiro atoms. The zero-order valence-electron chi connectivity index (χ0n) is 9.62. The van der Waals surface area contributed by atoms with Crippen molar-refractivity contribution >= 4 is 52.9 Å². The SMILES string of the molecule is Cl.NC1CCC(NC(=O)c2cc(Cl)sc2Cl)CC1. The molecular formula is C11H15Cl3N2OS. The number of nitrogens with one attached hydrogen (secondary N) is 1. The average molecular weight is 330 g/mol. The molecule has 1 fully saturated rings. The van der Waals surface area contributed by atoms with Gasteiger partial charge in [-0.05, 0) is 31.7 Å². The lowest BCUT2D eigenvalue weighted by Crippen LogP contribution is -2.40. The molecule has 0 aromatic carbocycles. The third kappa shape index (κ3) is 4.00. The second kappa shape index (κ2) is 6.96. The number of nitrogens with two attached hydrogens (primary N) is 1. The number of hydrogen-bond acceptors (Lipinski definition) is 3. The van der Waals surface area contributed by atoms with Crippen molar-refractivity contribution in [3.8, 4) is 0 Å². The first-order chi connectivity index (χ1) is 8.06. The molecule has 0 atom stereocenters. The number of rotatable bonds is 2. The predicted molar refractivity (Wildman–Crippen MR) is 79.3 cm³/mol. The van der Waals surface area contributed by atoms with Gasteiger partial charge in [-0.3, -0.25) is 4.79 Å². The van der Waals surface area contributed by atoms with Crippen LogP contribution >= 0.6 is 46.9 Å². The Morgan fingerprint density at radius 3 is 2.44 bits per heavy atom. The van der Waals surface area contributed by atoms with Gasteiger partial charge < -0.3 is 11.1 Å². The lowest BCUT2D eigenvalue weighted by Gasteiger charge is -2.26. The number of thiophene rings is 1. The monoisotopic (exact) mass is 328 g/mol. The smallest absolute Gasteiger partial charge is 0.253 e. The molecule has 0 radical (unpaired) electrons. The summed E-state index contributed by atoms with van der Waals surface area (Å²) < 4.78 is 0.978. The fourth-order valence-electron chi connectivity index (χ4n) is 2.02. The van der Waals surface area contributed by atoms with E-state index >= 15 is 0 Å². The van der Waals surface area contributed by atoms with Gasteiger partial charge in [-0.15, -0.1) is 23.7 Å². The molecule has 0 saturated heterocycles. The van der Waals surface area contributed by atoms with Crippen molar-refractivity contribution in [2.75, 3.05) is 0 Å². The van der Waals surface area contributed by atoms with Crippen LogP contribution in [0.2, 0.25) is 8.67 Å².